The van der Waals surface area contributed by atoms with E-state index in [9.17, 15) is 14.4 Å². The van der Waals surface area contributed by atoms with Crippen LogP contribution in [0.1, 0.15) is 38.2 Å². The molecule has 1 aromatic rings. The minimum absolute atomic E-state index is 0.0386. The average Bonchev–Trinajstić information content (AvgIpc) is 3.07. The van der Waals surface area contributed by atoms with Crippen LogP contribution in [0.4, 0.5) is 4.79 Å². The second-order valence-electron chi connectivity index (χ2n) is 7.96. The summed E-state index contributed by atoms with van der Waals surface area (Å²) in [6.45, 7) is 3.58. The van der Waals surface area contributed by atoms with E-state index in [0.29, 0.717) is 46.9 Å². The van der Waals surface area contributed by atoms with Crippen LogP contribution in [0.25, 0.3) is 0 Å². The number of amides is 2. The summed E-state index contributed by atoms with van der Waals surface area (Å²) in [5.74, 6) is 0.272. The third-order valence-electron chi connectivity index (χ3n) is 5.65. The molecule has 0 spiro atoms. The van der Waals surface area contributed by atoms with Crippen molar-refractivity contribution in [3.8, 4) is 0 Å². The number of carbonyl (C=O) groups excluding carboxylic acids is 3. The van der Waals surface area contributed by atoms with Gasteiger partial charge in [-0.2, -0.15) is 0 Å². The number of piperidine rings is 1. The van der Waals surface area contributed by atoms with E-state index in [2.05, 4.69) is 0 Å². The fourth-order valence-corrected chi connectivity index (χ4v) is 4.38. The molecule has 0 aromatic heterocycles. The molecule has 0 bridgehead atoms. The molecule has 0 aliphatic carbocycles. The molecule has 0 saturated carbocycles. The first-order valence-electron chi connectivity index (χ1n) is 10.3. The highest BCUT2D eigenvalue weighted by atomic mass is 35.5. The third-order valence-corrected chi connectivity index (χ3v) is 6.08. The van der Waals surface area contributed by atoms with Gasteiger partial charge in [0.2, 0.25) is 0 Å². The maximum atomic E-state index is 12.5. The van der Waals surface area contributed by atoms with Gasteiger partial charge in [0.25, 0.3) is 5.91 Å². The van der Waals surface area contributed by atoms with Gasteiger partial charge in [0, 0.05) is 36.7 Å². The van der Waals surface area contributed by atoms with Gasteiger partial charge in [-0.3, -0.25) is 9.59 Å². The predicted octanol–water partition coefficient (Wildman–Crippen LogP) is 4.41. The summed E-state index contributed by atoms with van der Waals surface area (Å²) in [6, 6.07) is 5.06. The highest BCUT2D eigenvalue weighted by Crippen LogP contribution is 2.25. The Hall–Kier alpha value is -2.25. The Kier molecular flexibility index (Phi) is 7.84. The molecule has 2 aliphatic rings. The number of cyclic esters (lactones) is 1. The number of halogens is 2. The van der Waals surface area contributed by atoms with Crippen LogP contribution in [-0.4, -0.2) is 54.5 Å². The van der Waals surface area contributed by atoms with Crippen LogP contribution in [0.5, 0.6) is 0 Å². The van der Waals surface area contributed by atoms with Crippen molar-refractivity contribution in [3.63, 3.8) is 0 Å². The molecule has 1 saturated heterocycles. The molecule has 9 heteroatoms. The first-order chi connectivity index (χ1) is 14.7. The largest absolute Gasteiger partial charge is 0.445 e. The minimum Gasteiger partial charge on any atom is -0.445 e. The number of likely N-dealkylation sites (N-methyl/N-ethyl adjacent to an activating group) is 1. The van der Waals surface area contributed by atoms with E-state index in [1.165, 1.54) is 0 Å². The molecule has 31 heavy (non-hydrogen) atoms. The maximum absolute atomic E-state index is 12.5. The Morgan fingerprint density at radius 3 is 2.42 bits per heavy atom. The standard InChI is InChI=1S/C22H26Cl2N2O5/c1-14-19(12-20(27)31-14)21(28)25(2)6-3-15-4-7-26(8-5-15)22(29)30-13-16-9-17(23)11-18(24)10-16/h9-11,15H,3-8,12-13H2,1-2H3. The smallest absolute Gasteiger partial charge is 0.410 e. The van der Waals surface area contributed by atoms with Crippen molar-refractivity contribution in [2.75, 3.05) is 26.7 Å². The van der Waals surface area contributed by atoms with Crippen LogP contribution in [0.15, 0.2) is 29.5 Å². The first kappa shape index (κ1) is 23.4. The average molecular weight is 469 g/mol. The van der Waals surface area contributed by atoms with Crippen molar-refractivity contribution < 1.29 is 23.9 Å². The van der Waals surface area contributed by atoms with Crippen LogP contribution >= 0.6 is 23.2 Å². The number of hydrogen-bond acceptors (Lipinski definition) is 5. The van der Waals surface area contributed by atoms with Gasteiger partial charge in [-0.05, 0) is 55.9 Å². The number of esters is 1. The van der Waals surface area contributed by atoms with Crippen LogP contribution in [-0.2, 0) is 25.7 Å². The van der Waals surface area contributed by atoms with E-state index in [1.807, 2.05) is 0 Å². The molecule has 0 unspecified atom stereocenters. The number of ether oxygens (including phenoxy) is 2. The van der Waals surface area contributed by atoms with Gasteiger partial charge in [-0.25, -0.2) is 4.79 Å². The van der Waals surface area contributed by atoms with Gasteiger partial charge in [-0.1, -0.05) is 23.2 Å². The Balaban J connectivity index is 1.39. The topological polar surface area (TPSA) is 76.2 Å². The lowest BCUT2D eigenvalue weighted by atomic mass is 9.93. The van der Waals surface area contributed by atoms with E-state index >= 15 is 0 Å². The molecular weight excluding hydrogens is 443 g/mol. The van der Waals surface area contributed by atoms with Crippen molar-refractivity contribution in [1.82, 2.24) is 9.80 Å². The van der Waals surface area contributed by atoms with Crippen LogP contribution in [0, 0.1) is 5.92 Å². The van der Waals surface area contributed by atoms with E-state index in [0.717, 1.165) is 24.8 Å². The number of rotatable bonds is 6. The molecule has 2 heterocycles. The molecule has 0 radical (unpaired) electrons. The molecule has 7 nitrogen and oxygen atoms in total. The van der Waals surface area contributed by atoms with Crippen molar-refractivity contribution in [1.29, 1.82) is 0 Å². The van der Waals surface area contributed by atoms with Crippen LogP contribution in [0.2, 0.25) is 10.0 Å². The van der Waals surface area contributed by atoms with Gasteiger partial charge < -0.3 is 19.3 Å². The maximum Gasteiger partial charge on any atom is 0.410 e. The lowest BCUT2D eigenvalue weighted by Crippen LogP contribution is -2.39. The quantitative estimate of drug-likeness (QED) is 0.577. The van der Waals surface area contributed by atoms with Gasteiger partial charge >= 0.3 is 12.1 Å². The van der Waals surface area contributed by atoms with Gasteiger partial charge in [0.15, 0.2) is 0 Å². The summed E-state index contributed by atoms with van der Waals surface area (Å²) in [6.07, 6.45) is 2.23. The summed E-state index contributed by atoms with van der Waals surface area (Å²) < 4.78 is 10.4. The monoisotopic (exact) mass is 468 g/mol. The molecule has 1 fully saturated rings. The van der Waals surface area contributed by atoms with Crippen LogP contribution in [0.3, 0.4) is 0 Å². The van der Waals surface area contributed by atoms with E-state index in [-0.39, 0.29) is 31.0 Å². The normalized spacial score (nSPS) is 17.0. The summed E-state index contributed by atoms with van der Waals surface area (Å²) in [7, 11) is 1.74. The van der Waals surface area contributed by atoms with Crippen molar-refractivity contribution in [2.45, 2.75) is 39.2 Å². The molecule has 2 aliphatic heterocycles. The summed E-state index contributed by atoms with van der Waals surface area (Å²) in [4.78, 5) is 39.5. The number of carbonyl (C=O) groups is 3. The molecule has 0 N–H and O–H groups in total. The number of allylic oxidation sites excluding steroid dienone is 1. The van der Waals surface area contributed by atoms with Crippen molar-refractivity contribution >= 4 is 41.2 Å². The fraction of sp³-hybridized carbons (Fsp3) is 0.500. The molecule has 168 valence electrons. The Labute approximate surface area is 191 Å². The summed E-state index contributed by atoms with van der Waals surface area (Å²) in [5.41, 5.74) is 1.18. The number of benzene rings is 1. The second-order valence-corrected chi connectivity index (χ2v) is 8.84. The second kappa shape index (κ2) is 10.4. The highest BCUT2D eigenvalue weighted by molar-refractivity contribution is 6.34. The number of likely N-dealkylation sites (tertiary alicyclic amines) is 1. The molecule has 0 atom stereocenters. The lowest BCUT2D eigenvalue weighted by Gasteiger charge is -2.32. The van der Waals surface area contributed by atoms with Crippen LogP contribution < -0.4 is 0 Å². The Morgan fingerprint density at radius 2 is 1.84 bits per heavy atom. The van der Waals surface area contributed by atoms with Crippen molar-refractivity contribution in [3.05, 3.63) is 45.1 Å². The zero-order valence-electron chi connectivity index (χ0n) is 17.7. The fourth-order valence-electron chi connectivity index (χ4n) is 3.81. The van der Waals surface area contributed by atoms with Gasteiger partial charge in [-0.15, -0.1) is 0 Å². The zero-order chi connectivity index (χ0) is 22.5. The minimum atomic E-state index is -0.382. The summed E-state index contributed by atoms with van der Waals surface area (Å²) in [5, 5.41) is 1.00. The van der Waals surface area contributed by atoms with Gasteiger partial charge in [0.05, 0.1) is 12.0 Å². The Morgan fingerprint density at radius 1 is 1.19 bits per heavy atom. The first-order valence-corrected chi connectivity index (χ1v) is 11.0. The SMILES string of the molecule is CC1=C(C(=O)N(C)CCC2CCN(C(=O)OCc3cc(Cl)cc(Cl)c3)CC2)CC(=O)O1. The zero-order valence-corrected chi connectivity index (χ0v) is 19.2. The molecular formula is C22H26Cl2N2O5. The van der Waals surface area contributed by atoms with E-state index in [1.54, 1.807) is 42.0 Å². The van der Waals surface area contributed by atoms with E-state index < -0.39 is 0 Å². The molecule has 3 rings (SSSR count). The number of nitrogens with zero attached hydrogens (tertiary/aromatic N) is 2. The van der Waals surface area contributed by atoms with Gasteiger partial charge in [0.1, 0.15) is 12.4 Å². The van der Waals surface area contributed by atoms with E-state index in [4.69, 9.17) is 32.7 Å². The lowest BCUT2D eigenvalue weighted by molar-refractivity contribution is -0.136. The molecule has 1 aromatic carbocycles. The predicted molar refractivity (Wildman–Crippen MR) is 117 cm³/mol. The highest BCUT2D eigenvalue weighted by Gasteiger charge is 2.29. The Bertz CT molecular complexity index is 874. The van der Waals surface area contributed by atoms with Crippen molar-refractivity contribution in [2.24, 2.45) is 5.92 Å². The number of hydrogen-bond donors (Lipinski definition) is 0. The third kappa shape index (κ3) is 6.37. The molecule has 2 amide bonds. The summed E-state index contributed by atoms with van der Waals surface area (Å²) >= 11 is 11.9.